The summed E-state index contributed by atoms with van der Waals surface area (Å²) in [6.45, 7) is 0. The molecule has 118 valence electrons. The van der Waals surface area contributed by atoms with Gasteiger partial charge in [0, 0.05) is 5.56 Å². The average Bonchev–Trinajstić information content (AvgIpc) is 3.21. The Kier molecular flexibility index (Phi) is 3.66. The van der Waals surface area contributed by atoms with Crippen LogP contribution in [0.3, 0.4) is 0 Å². The van der Waals surface area contributed by atoms with Gasteiger partial charge in [-0.3, -0.25) is 4.79 Å². The predicted molar refractivity (Wildman–Crippen MR) is 95.9 cm³/mol. The molecule has 0 bridgehead atoms. The fourth-order valence-corrected chi connectivity index (χ4v) is 2.81. The van der Waals surface area contributed by atoms with Crippen LogP contribution in [0.25, 0.3) is 22.4 Å². The van der Waals surface area contributed by atoms with E-state index in [4.69, 9.17) is 4.42 Å². The van der Waals surface area contributed by atoms with Crippen molar-refractivity contribution in [2.24, 2.45) is 0 Å². The zero-order valence-corrected chi connectivity index (χ0v) is 14.0. The number of rotatable bonds is 3. The first-order valence-electron chi connectivity index (χ1n) is 7.31. The maximum absolute atomic E-state index is 12.3. The summed E-state index contributed by atoms with van der Waals surface area (Å²) in [5.74, 6) is 0.623. The topological polar surface area (TPSA) is 70.9 Å². The van der Waals surface area contributed by atoms with Crippen molar-refractivity contribution in [1.82, 2.24) is 9.97 Å². The Morgan fingerprint density at radius 1 is 1.04 bits per heavy atom. The van der Waals surface area contributed by atoms with Gasteiger partial charge in [-0.15, -0.1) is 0 Å². The highest BCUT2D eigenvalue weighted by molar-refractivity contribution is 9.10. The molecule has 24 heavy (non-hydrogen) atoms. The van der Waals surface area contributed by atoms with E-state index in [9.17, 15) is 4.79 Å². The number of aromatic amines is 1. The van der Waals surface area contributed by atoms with E-state index in [1.807, 2.05) is 48.5 Å². The molecular formula is C18H12BrN3O2. The molecule has 4 aromatic rings. The molecule has 1 amide bonds. The molecule has 0 aliphatic heterocycles. The highest BCUT2D eigenvalue weighted by atomic mass is 79.9. The summed E-state index contributed by atoms with van der Waals surface area (Å²) in [7, 11) is 0. The first-order valence-corrected chi connectivity index (χ1v) is 8.11. The van der Waals surface area contributed by atoms with E-state index in [-0.39, 0.29) is 11.7 Å². The SMILES string of the molecule is O=C(Nc1ccccc1-c1nc2ccccc2[nH]1)c1ccc(Br)o1. The van der Waals surface area contributed by atoms with Gasteiger partial charge in [0.1, 0.15) is 5.82 Å². The van der Waals surface area contributed by atoms with Crippen molar-refractivity contribution in [3.05, 3.63) is 71.1 Å². The Balaban J connectivity index is 1.71. The maximum atomic E-state index is 12.3. The van der Waals surface area contributed by atoms with Crippen LogP contribution in [0.4, 0.5) is 5.69 Å². The molecule has 2 aromatic heterocycles. The Hall–Kier alpha value is -2.86. The van der Waals surface area contributed by atoms with Gasteiger partial charge in [-0.2, -0.15) is 0 Å². The summed E-state index contributed by atoms with van der Waals surface area (Å²) < 4.78 is 5.80. The number of aromatic nitrogens is 2. The van der Waals surface area contributed by atoms with Crippen LogP contribution in [0.1, 0.15) is 10.6 Å². The molecule has 2 N–H and O–H groups in total. The number of furan rings is 1. The van der Waals surface area contributed by atoms with E-state index in [0.29, 0.717) is 16.2 Å². The molecule has 0 saturated heterocycles. The number of H-pyrrole nitrogens is 1. The number of carbonyl (C=O) groups excluding carboxylic acids is 1. The van der Waals surface area contributed by atoms with Gasteiger partial charge in [0.25, 0.3) is 5.91 Å². The standard InChI is InChI=1S/C18H12BrN3O2/c19-16-10-9-15(24-16)18(23)22-12-6-2-1-5-11(12)17-20-13-7-3-4-8-14(13)21-17/h1-10H,(H,20,21)(H,22,23). The second-order valence-corrected chi connectivity index (χ2v) is 5.99. The van der Waals surface area contributed by atoms with E-state index >= 15 is 0 Å². The molecule has 0 aliphatic carbocycles. The number of hydrogen-bond acceptors (Lipinski definition) is 3. The van der Waals surface area contributed by atoms with E-state index in [0.717, 1.165) is 16.6 Å². The molecule has 0 aliphatic rings. The molecule has 6 heteroatoms. The summed E-state index contributed by atoms with van der Waals surface area (Å²) in [4.78, 5) is 20.2. The van der Waals surface area contributed by atoms with Crippen LogP contribution < -0.4 is 5.32 Å². The molecule has 0 radical (unpaired) electrons. The molecule has 5 nitrogen and oxygen atoms in total. The molecule has 4 rings (SSSR count). The van der Waals surface area contributed by atoms with E-state index in [1.165, 1.54) is 0 Å². The lowest BCUT2D eigenvalue weighted by atomic mass is 10.1. The third-order valence-corrected chi connectivity index (χ3v) is 4.04. The number of nitrogens with one attached hydrogen (secondary N) is 2. The minimum absolute atomic E-state index is 0.237. The van der Waals surface area contributed by atoms with E-state index in [1.54, 1.807) is 12.1 Å². The molecule has 2 heterocycles. The van der Waals surface area contributed by atoms with Crippen LogP contribution in [0.15, 0.2) is 69.8 Å². The third-order valence-electron chi connectivity index (χ3n) is 3.62. The summed E-state index contributed by atoms with van der Waals surface area (Å²) in [6, 6.07) is 18.6. The number of anilines is 1. The van der Waals surface area contributed by atoms with Gasteiger partial charge in [-0.05, 0) is 52.3 Å². The Morgan fingerprint density at radius 2 is 1.83 bits per heavy atom. The molecule has 0 atom stereocenters. The fraction of sp³-hybridized carbons (Fsp3) is 0. The van der Waals surface area contributed by atoms with Crippen LogP contribution >= 0.6 is 15.9 Å². The van der Waals surface area contributed by atoms with Gasteiger partial charge in [0.2, 0.25) is 0 Å². The number of benzene rings is 2. The summed E-state index contributed by atoms with van der Waals surface area (Å²) in [5.41, 5.74) is 3.30. The lowest BCUT2D eigenvalue weighted by molar-refractivity contribution is 0.0995. The van der Waals surface area contributed by atoms with Gasteiger partial charge in [-0.25, -0.2) is 4.98 Å². The first-order chi connectivity index (χ1) is 11.7. The van der Waals surface area contributed by atoms with Crippen molar-refractivity contribution >= 4 is 38.6 Å². The Morgan fingerprint density at radius 3 is 2.62 bits per heavy atom. The van der Waals surface area contributed by atoms with Gasteiger partial charge >= 0.3 is 0 Å². The third kappa shape index (κ3) is 2.72. The summed E-state index contributed by atoms with van der Waals surface area (Å²) in [6.07, 6.45) is 0. The van der Waals surface area contributed by atoms with Crippen molar-refractivity contribution in [2.45, 2.75) is 0 Å². The first kappa shape index (κ1) is 14.7. The summed E-state index contributed by atoms with van der Waals surface area (Å²) >= 11 is 3.19. The summed E-state index contributed by atoms with van der Waals surface area (Å²) in [5, 5.41) is 2.87. The van der Waals surface area contributed by atoms with Crippen molar-refractivity contribution in [3.8, 4) is 11.4 Å². The van der Waals surface area contributed by atoms with E-state index < -0.39 is 0 Å². The molecule has 0 spiro atoms. The zero-order valence-electron chi connectivity index (χ0n) is 12.4. The van der Waals surface area contributed by atoms with Crippen LogP contribution in [-0.4, -0.2) is 15.9 Å². The second kappa shape index (κ2) is 5.98. The number of imidazole rings is 1. The maximum Gasteiger partial charge on any atom is 0.291 e. The zero-order chi connectivity index (χ0) is 16.5. The highest BCUT2D eigenvalue weighted by Crippen LogP contribution is 2.28. The number of halogens is 1. The minimum atomic E-state index is -0.315. The smallest absolute Gasteiger partial charge is 0.291 e. The number of hydrogen-bond donors (Lipinski definition) is 2. The van der Waals surface area contributed by atoms with Gasteiger partial charge in [0.05, 0.1) is 16.7 Å². The minimum Gasteiger partial charge on any atom is -0.444 e. The molecular weight excluding hydrogens is 370 g/mol. The Bertz CT molecular complexity index is 1000. The fourth-order valence-electron chi connectivity index (χ4n) is 2.50. The number of amides is 1. The van der Waals surface area contributed by atoms with E-state index in [2.05, 4.69) is 31.2 Å². The van der Waals surface area contributed by atoms with Gasteiger partial charge < -0.3 is 14.7 Å². The number of fused-ring (bicyclic) bond motifs is 1. The number of para-hydroxylation sites is 3. The van der Waals surface area contributed by atoms with Crippen LogP contribution in [-0.2, 0) is 0 Å². The lowest BCUT2D eigenvalue weighted by Gasteiger charge is -2.08. The molecule has 0 unspecified atom stereocenters. The largest absolute Gasteiger partial charge is 0.444 e. The Labute approximate surface area is 145 Å². The van der Waals surface area contributed by atoms with Crippen molar-refractivity contribution in [1.29, 1.82) is 0 Å². The normalized spacial score (nSPS) is 10.9. The second-order valence-electron chi connectivity index (χ2n) is 5.21. The van der Waals surface area contributed by atoms with Crippen molar-refractivity contribution < 1.29 is 9.21 Å². The predicted octanol–water partition coefficient (Wildman–Crippen LogP) is 4.84. The van der Waals surface area contributed by atoms with Crippen LogP contribution in [0.2, 0.25) is 0 Å². The lowest BCUT2D eigenvalue weighted by Crippen LogP contribution is -2.11. The van der Waals surface area contributed by atoms with Crippen LogP contribution in [0, 0.1) is 0 Å². The quantitative estimate of drug-likeness (QED) is 0.533. The monoisotopic (exact) mass is 381 g/mol. The number of nitrogens with zero attached hydrogens (tertiary/aromatic N) is 1. The average molecular weight is 382 g/mol. The molecule has 2 aromatic carbocycles. The van der Waals surface area contributed by atoms with Crippen molar-refractivity contribution in [2.75, 3.05) is 5.32 Å². The van der Waals surface area contributed by atoms with Crippen molar-refractivity contribution in [3.63, 3.8) is 0 Å². The highest BCUT2D eigenvalue weighted by Gasteiger charge is 2.15. The molecule has 0 fully saturated rings. The van der Waals surface area contributed by atoms with Gasteiger partial charge in [0.15, 0.2) is 10.4 Å². The van der Waals surface area contributed by atoms with Gasteiger partial charge in [-0.1, -0.05) is 24.3 Å². The molecule has 0 saturated carbocycles. The number of carbonyl (C=O) groups is 1. The van der Waals surface area contributed by atoms with Crippen LogP contribution in [0.5, 0.6) is 0 Å².